The Morgan fingerprint density at radius 3 is 2.67 bits per heavy atom. The van der Waals surface area contributed by atoms with E-state index in [2.05, 4.69) is 20.4 Å². The first-order chi connectivity index (χ1) is 13.2. The zero-order chi connectivity index (χ0) is 18.8. The lowest BCUT2D eigenvalue weighted by molar-refractivity contribution is 0.0275. The van der Waals surface area contributed by atoms with E-state index in [1.165, 1.54) is 0 Å². The quantitative estimate of drug-likeness (QED) is 0.540. The van der Waals surface area contributed by atoms with Crippen LogP contribution < -0.4 is 4.74 Å². The molecule has 0 aliphatic rings. The number of methoxy groups -OCH3 is 1. The van der Waals surface area contributed by atoms with Crippen LogP contribution in [-0.2, 0) is 4.74 Å². The van der Waals surface area contributed by atoms with Crippen LogP contribution in [0.3, 0.4) is 0 Å². The molecule has 1 N–H and O–H groups in total. The first-order valence-corrected chi connectivity index (χ1v) is 8.27. The number of benzene rings is 2. The third-order valence-electron chi connectivity index (χ3n) is 4.07. The molecule has 0 saturated carbocycles. The maximum absolute atomic E-state index is 12.4. The summed E-state index contributed by atoms with van der Waals surface area (Å²) in [5.74, 6) is 0.700. The monoisotopic (exact) mass is 364 g/mol. The molecule has 136 valence electrons. The Hall–Kier alpha value is -3.68. The van der Waals surface area contributed by atoms with Crippen molar-refractivity contribution in [2.24, 2.45) is 0 Å². The minimum absolute atomic E-state index is 0.203. The van der Waals surface area contributed by atoms with Crippen molar-refractivity contribution < 1.29 is 18.7 Å². The molecular formula is C19H16N4O4. The summed E-state index contributed by atoms with van der Waals surface area (Å²) in [6, 6.07) is 14.5. The number of para-hydroxylation sites is 1. The van der Waals surface area contributed by atoms with Crippen molar-refractivity contribution >= 4 is 16.9 Å². The molecule has 0 bridgehead atoms. The van der Waals surface area contributed by atoms with E-state index in [9.17, 15) is 4.79 Å². The van der Waals surface area contributed by atoms with Gasteiger partial charge in [0.25, 0.3) is 5.89 Å². The van der Waals surface area contributed by atoms with Crippen LogP contribution >= 0.6 is 0 Å². The molecule has 27 heavy (non-hydrogen) atoms. The smallest absolute Gasteiger partial charge is 0.360 e. The standard InChI is InChI=1S/C19H16N4O4/c1-11(26-19(24)16-14-5-3-4-6-15(14)20-21-16)17-22-23-18(27-17)12-7-9-13(25-2)10-8-12/h3-11H,1-2H3,(H,20,21)/t11-/m0/s1. The molecule has 4 rings (SSSR count). The number of nitrogens with one attached hydrogen (secondary N) is 1. The van der Waals surface area contributed by atoms with E-state index in [-0.39, 0.29) is 11.6 Å². The molecule has 0 radical (unpaired) electrons. The maximum Gasteiger partial charge on any atom is 0.360 e. The number of hydrogen-bond donors (Lipinski definition) is 1. The number of aromatic nitrogens is 4. The molecule has 2 aromatic heterocycles. The number of carbonyl (C=O) groups is 1. The largest absolute Gasteiger partial charge is 0.497 e. The van der Waals surface area contributed by atoms with Gasteiger partial charge in [-0.3, -0.25) is 5.10 Å². The predicted molar refractivity (Wildman–Crippen MR) is 96.2 cm³/mol. The van der Waals surface area contributed by atoms with Crippen molar-refractivity contribution in [1.29, 1.82) is 0 Å². The molecule has 1 atom stereocenters. The molecule has 2 heterocycles. The lowest BCUT2D eigenvalue weighted by atomic mass is 10.2. The van der Waals surface area contributed by atoms with Gasteiger partial charge in [-0.05, 0) is 37.3 Å². The fourth-order valence-electron chi connectivity index (χ4n) is 2.63. The van der Waals surface area contributed by atoms with Gasteiger partial charge >= 0.3 is 5.97 Å². The van der Waals surface area contributed by atoms with Gasteiger partial charge in [0.1, 0.15) is 5.75 Å². The fraction of sp³-hybridized carbons (Fsp3) is 0.158. The molecule has 4 aromatic rings. The first-order valence-electron chi connectivity index (χ1n) is 8.27. The Balaban J connectivity index is 1.50. The third kappa shape index (κ3) is 3.24. The normalized spacial score (nSPS) is 12.1. The summed E-state index contributed by atoms with van der Waals surface area (Å²) in [6.07, 6.45) is -0.715. The van der Waals surface area contributed by atoms with E-state index >= 15 is 0 Å². The lowest BCUT2D eigenvalue weighted by Gasteiger charge is -2.08. The number of esters is 1. The SMILES string of the molecule is COc1ccc(-c2nnc([C@H](C)OC(=O)c3n[nH]c4ccccc34)o2)cc1. The maximum atomic E-state index is 12.4. The van der Waals surface area contributed by atoms with Crippen LogP contribution in [0, 0.1) is 0 Å². The summed E-state index contributed by atoms with van der Waals surface area (Å²) in [4.78, 5) is 12.4. The predicted octanol–water partition coefficient (Wildman–Crippen LogP) is 3.54. The fourth-order valence-corrected chi connectivity index (χ4v) is 2.63. The van der Waals surface area contributed by atoms with E-state index in [1.54, 1.807) is 32.2 Å². The van der Waals surface area contributed by atoms with Crippen molar-refractivity contribution in [2.75, 3.05) is 7.11 Å². The molecule has 0 saturated heterocycles. The molecule has 0 fully saturated rings. The highest BCUT2D eigenvalue weighted by Crippen LogP contribution is 2.25. The molecule has 8 nitrogen and oxygen atoms in total. The number of hydrogen-bond acceptors (Lipinski definition) is 7. The van der Waals surface area contributed by atoms with Crippen molar-refractivity contribution in [1.82, 2.24) is 20.4 Å². The zero-order valence-corrected chi connectivity index (χ0v) is 14.7. The minimum Gasteiger partial charge on any atom is -0.497 e. The number of carbonyl (C=O) groups excluding carboxylic acids is 1. The van der Waals surface area contributed by atoms with Gasteiger partial charge in [-0.25, -0.2) is 4.79 Å². The van der Waals surface area contributed by atoms with Gasteiger partial charge in [-0.1, -0.05) is 18.2 Å². The second-order valence-electron chi connectivity index (χ2n) is 5.84. The Morgan fingerprint density at radius 1 is 1.11 bits per heavy atom. The summed E-state index contributed by atoms with van der Waals surface area (Å²) >= 11 is 0. The first kappa shape index (κ1) is 16.8. The van der Waals surface area contributed by atoms with Crippen LogP contribution in [-0.4, -0.2) is 33.5 Å². The molecule has 0 spiro atoms. The summed E-state index contributed by atoms with van der Waals surface area (Å²) < 4.78 is 16.2. The Kier molecular flexibility index (Phi) is 4.29. The summed E-state index contributed by atoms with van der Waals surface area (Å²) in [5.41, 5.74) is 1.72. The zero-order valence-electron chi connectivity index (χ0n) is 14.7. The molecule has 0 aliphatic carbocycles. The second kappa shape index (κ2) is 6.91. The van der Waals surface area contributed by atoms with Crippen molar-refractivity contribution in [2.45, 2.75) is 13.0 Å². The number of H-pyrrole nitrogens is 1. The number of fused-ring (bicyclic) bond motifs is 1. The van der Waals surface area contributed by atoms with E-state index < -0.39 is 12.1 Å². The molecule has 8 heteroatoms. The second-order valence-corrected chi connectivity index (χ2v) is 5.84. The summed E-state index contributed by atoms with van der Waals surface area (Å²) in [5, 5.41) is 15.5. The Morgan fingerprint density at radius 2 is 1.89 bits per heavy atom. The summed E-state index contributed by atoms with van der Waals surface area (Å²) in [7, 11) is 1.60. The van der Waals surface area contributed by atoms with Crippen LogP contribution in [0.1, 0.15) is 29.4 Å². The van der Waals surface area contributed by atoms with Crippen molar-refractivity contribution in [3.05, 3.63) is 60.1 Å². The lowest BCUT2D eigenvalue weighted by Crippen LogP contribution is -2.10. The Bertz CT molecular complexity index is 1080. The highest BCUT2D eigenvalue weighted by atomic mass is 16.6. The van der Waals surface area contributed by atoms with E-state index in [0.29, 0.717) is 11.3 Å². The highest BCUT2D eigenvalue weighted by Gasteiger charge is 2.22. The molecule has 2 aromatic carbocycles. The van der Waals surface area contributed by atoms with Gasteiger partial charge < -0.3 is 13.9 Å². The van der Waals surface area contributed by atoms with Gasteiger partial charge in [0.15, 0.2) is 11.8 Å². The number of aromatic amines is 1. The molecule has 0 aliphatic heterocycles. The average Bonchev–Trinajstić information content (AvgIpc) is 3.35. The third-order valence-corrected chi connectivity index (χ3v) is 4.07. The molecular weight excluding hydrogens is 348 g/mol. The van der Waals surface area contributed by atoms with E-state index in [4.69, 9.17) is 13.9 Å². The van der Waals surface area contributed by atoms with Gasteiger partial charge in [0, 0.05) is 10.9 Å². The average molecular weight is 364 g/mol. The van der Waals surface area contributed by atoms with E-state index in [0.717, 1.165) is 16.8 Å². The highest BCUT2D eigenvalue weighted by molar-refractivity contribution is 6.01. The van der Waals surface area contributed by atoms with Crippen LogP contribution in [0.2, 0.25) is 0 Å². The van der Waals surface area contributed by atoms with Crippen molar-refractivity contribution in [3.63, 3.8) is 0 Å². The van der Waals surface area contributed by atoms with Crippen LogP contribution in [0.25, 0.3) is 22.4 Å². The number of rotatable bonds is 5. The van der Waals surface area contributed by atoms with Crippen LogP contribution in [0.15, 0.2) is 52.9 Å². The topological polar surface area (TPSA) is 103 Å². The van der Waals surface area contributed by atoms with Gasteiger partial charge in [-0.2, -0.15) is 5.10 Å². The molecule has 0 amide bonds. The number of ether oxygens (including phenoxy) is 2. The van der Waals surface area contributed by atoms with Gasteiger partial charge in [-0.15, -0.1) is 10.2 Å². The Labute approximate surface area is 154 Å². The molecule has 0 unspecified atom stereocenters. The van der Waals surface area contributed by atoms with Gasteiger partial charge in [0.2, 0.25) is 5.89 Å². The van der Waals surface area contributed by atoms with E-state index in [1.807, 2.05) is 30.3 Å². The van der Waals surface area contributed by atoms with Crippen LogP contribution in [0.5, 0.6) is 5.75 Å². The van der Waals surface area contributed by atoms with Crippen LogP contribution in [0.4, 0.5) is 0 Å². The van der Waals surface area contributed by atoms with Crippen molar-refractivity contribution in [3.8, 4) is 17.2 Å². The summed E-state index contributed by atoms with van der Waals surface area (Å²) in [6.45, 7) is 1.66. The number of nitrogens with zero attached hydrogens (tertiary/aromatic N) is 3. The van der Waals surface area contributed by atoms with Gasteiger partial charge in [0.05, 0.1) is 12.6 Å². The minimum atomic E-state index is -0.715.